The van der Waals surface area contributed by atoms with E-state index in [9.17, 15) is 0 Å². The number of rotatable bonds is 3. The minimum Gasteiger partial charge on any atom is -0.514 e. The van der Waals surface area contributed by atoms with Crippen LogP contribution in [0.3, 0.4) is 0 Å². The van der Waals surface area contributed by atoms with Crippen LogP contribution in [0.2, 0.25) is 0 Å². The Hall–Kier alpha value is 1.68. The van der Waals surface area contributed by atoms with Crippen LogP contribution in [0.5, 0.6) is 0 Å². The van der Waals surface area contributed by atoms with Gasteiger partial charge in [0.1, 0.15) is 0 Å². The van der Waals surface area contributed by atoms with E-state index in [0.29, 0.717) is 19.8 Å². The second-order valence-corrected chi connectivity index (χ2v) is 5.05. The molecule has 0 aliphatic heterocycles. The molecule has 3 nitrogen and oxygen atoms in total. The van der Waals surface area contributed by atoms with Crippen LogP contribution < -0.4 is 0 Å². The van der Waals surface area contributed by atoms with Gasteiger partial charge in [0.15, 0.2) is 0 Å². The molecule has 0 N–H and O–H groups in total. The molecule has 0 amide bonds. The Labute approximate surface area is 181 Å². The van der Waals surface area contributed by atoms with E-state index in [1.165, 1.54) is 0 Å². The van der Waals surface area contributed by atoms with Crippen LogP contribution >= 0.6 is 36.7 Å². The van der Waals surface area contributed by atoms with Gasteiger partial charge in [-0.25, -0.2) is 0 Å². The molecule has 0 aromatic carbocycles. The van der Waals surface area contributed by atoms with Gasteiger partial charge in [0.25, 0.3) is 0 Å². The summed E-state index contributed by atoms with van der Waals surface area (Å²) >= 11 is 26.3. The smallest absolute Gasteiger partial charge is 0.514 e. The van der Waals surface area contributed by atoms with Crippen molar-refractivity contribution in [2.45, 2.75) is 20.8 Å². The molecule has 0 fully saturated rings. The van der Waals surface area contributed by atoms with Gasteiger partial charge in [0.2, 0.25) is 0 Å². The molecule has 0 rings (SSSR count). The van der Waals surface area contributed by atoms with Crippen LogP contribution in [-0.4, -0.2) is 33.0 Å². The molecular weight excluding hydrogens is 493 g/mol. The first-order valence-electron chi connectivity index (χ1n) is 4.82. The first-order valence-corrected chi connectivity index (χ1v) is 7.27. The van der Waals surface area contributed by atoms with E-state index >= 15 is 0 Å². The first-order chi connectivity index (χ1) is 8.31. The summed E-state index contributed by atoms with van der Waals surface area (Å²) in [6.07, 6.45) is 0. The minimum absolute atomic E-state index is 0. The third-order valence-corrected chi connectivity index (χ3v) is 1.49. The van der Waals surface area contributed by atoms with Crippen LogP contribution in [0.15, 0.2) is 0 Å². The van der Waals surface area contributed by atoms with Crippen LogP contribution in [0.4, 0.5) is 0 Å². The normalized spacial score (nSPS) is 7.11. The Bertz CT molecular complexity index is 202. The van der Waals surface area contributed by atoms with Crippen LogP contribution in [-0.2, 0) is 52.1 Å². The maximum atomic E-state index is 4.59. The van der Waals surface area contributed by atoms with E-state index in [-0.39, 0.29) is 54.0 Å². The predicted octanol–water partition coefficient (Wildman–Crippen LogP) is 2.56. The van der Waals surface area contributed by atoms with Gasteiger partial charge in [-0.05, 0) is 20.8 Å². The summed E-state index contributed by atoms with van der Waals surface area (Å²) in [4.78, 5) is 0. The SMILES string of the molecule is CCOC(=S)[S-].CCOC(=S)[S-].CCOC(=S)[S-].[Nd+3]. The molecule has 0 saturated carbocycles. The molecule has 0 heterocycles. The summed E-state index contributed by atoms with van der Waals surface area (Å²) < 4.78 is 14.4. The fourth-order valence-corrected chi connectivity index (χ4v) is 1.06. The summed E-state index contributed by atoms with van der Waals surface area (Å²) in [5, 5.41) is 0. The number of hydrogen-bond acceptors (Lipinski definition) is 9. The molecule has 10 heteroatoms. The largest absolute Gasteiger partial charge is 3.00 e. The molecule has 109 valence electrons. The van der Waals surface area contributed by atoms with Gasteiger partial charge in [-0.2, -0.15) is 0 Å². The Morgan fingerprint density at radius 3 is 0.842 bits per heavy atom. The predicted molar refractivity (Wildman–Crippen MR) is 94.8 cm³/mol. The monoisotopic (exact) mass is 505 g/mol. The summed E-state index contributed by atoms with van der Waals surface area (Å²) in [5.41, 5.74) is 0. The van der Waals surface area contributed by atoms with Gasteiger partial charge in [0, 0.05) is 13.1 Å². The van der Waals surface area contributed by atoms with Gasteiger partial charge in [0.05, 0.1) is 19.8 Å². The molecule has 0 aliphatic rings. The Balaban J connectivity index is -0.0000000865. The number of thiocarbonyl (C=S) groups is 3. The number of ether oxygens (including phenoxy) is 3. The molecule has 0 bridgehead atoms. The van der Waals surface area contributed by atoms with Crippen LogP contribution in [0, 0.1) is 40.8 Å². The molecule has 0 atom stereocenters. The summed E-state index contributed by atoms with van der Waals surface area (Å²) in [6.45, 7) is 7.29. The molecule has 0 spiro atoms. The maximum Gasteiger partial charge on any atom is 3.00 e. The Kier molecular flexibility index (Phi) is 37.4. The van der Waals surface area contributed by atoms with Gasteiger partial charge in [-0.15, -0.1) is 0 Å². The van der Waals surface area contributed by atoms with Crippen molar-refractivity contribution in [1.29, 1.82) is 0 Å². The second kappa shape index (κ2) is 24.7. The zero-order chi connectivity index (χ0) is 15.0. The molecule has 0 unspecified atom stereocenters. The average molecular weight is 508 g/mol. The average Bonchev–Trinajstić information content (AvgIpc) is 2.18. The van der Waals surface area contributed by atoms with E-state index in [2.05, 4.69) is 88.8 Å². The molecule has 0 saturated heterocycles. The second-order valence-electron chi connectivity index (χ2n) is 2.05. The van der Waals surface area contributed by atoms with Gasteiger partial charge < -0.3 is 88.8 Å². The molecular formula is C9H15NdO3S6. The summed E-state index contributed by atoms with van der Waals surface area (Å²) in [7, 11) is 0. The van der Waals surface area contributed by atoms with Gasteiger partial charge in [-0.3, -0.25) is 0 Å². The van der Waals surface area contributed by atoms with E-state index < -0.39 is 0 Å². The van der Waals surface area contributed by atoms with Crippen molar-refractivity contribution in [3.05, 3.63) is 0 Å². The Morgan fingerprint density at radius 2 is 0.842 bits per heavy atom. The van der Waals surface area contributed by atoms with E-state index in [0.717, 1.165) is 0 Å². The molecule has 0 aliphatic carbocycles. The van der Waals surface area contributed by atoms with Crippen molar-refractivity contribution >= 4 is 87.7 Å². The fraction of sp³-hybridized carbons (Fsp3) is 0.667. The summed E-state index contributed by atoms with van der Waals surface area (Å²) in [5.74, 6) is 0. The Morgan fingerprint density at radius 1 is 0.684 bits per heavy atom. The zero-order valence-corrected chi connectivity index (χ0v) is 18.9. The standard InChI is InChI=1S/3C3H6OS2.Nd/c3*1-2-4-3(5)6;/h3*2H2,1H3,(H,5,6);/q;;;+3/p-3. The minimum atomic E-state index is 0. The van der Waals surface area contributed by atoms with E-state index in [1.54, 1.807) is 0 Å². The van der Waals surface area contributed by atoms with E-state index in [1.807, 2.05) is 20.8 Å². The van der Waals surface area contributed by atoms with Crippen molar-refractivity contribution in [1.82, 2.24) is 0 Å². The topological polar surface area (TPSA) is 27.7 Å². The van der Waals surface area contributed by atoms with Crippen molar-refractivity contribution in [3.8, 4) is 0 Å². The van der Waals surface area contributed by atoms with Gasteiger partial charge in [-0.1, -0.05) is 0 Å². The zero-order valence-electron chi connectivity index (χ0n) is 10.8. The van der Waals surface area contributed by atoms with Crippen molar-refractivity contribution < 1.29 is 55.0 Å². The molecule has 1 radical (unpaired) electrons. The van der Waals surface area contributed by atoms with Crippen LogP contribution in [0.1, 0.15) is 20.8 Å². The fourth-order valence-electron chi connectivity index (χ4n) is 0.354. The quantitative estimate of drug-likeness (QED) is 0.422. The molecule has 0 aromatic rings. The van der Waals surface area contributed by atoms with Crippen molar-refractivity contribution in [2.24, 2.45) is 0 Å². The van der Waals surface area contributed by atoms with Crippen molar-refractivity contribution in [3.63, 3.8) is 0 Å². The van der Waals surface area contributed by atoms with Crippen molar-refractivity contribution in [2.75, 3.05) is 19.8 Å². The maximum absolute atomic E-state index is 4.59. The summed E-state index contributed by atoms with van der Waals surface area (Å²) in [6, 6.07) is 0. The van der Waals surface area contributed by atoms with Gasteiger partial charge >= 0.3 is 40.8 Å². The number of hydrogen-bond donors (Lipinski definition) is 0. The molecule has 19 heavy (non-hydrogen) atoms. The third kappa shape index (κ3) is 53.9. The first kappa shape index (κ1) is 28.8. The molecule has 0 aromatic heterocycles. The third-order valence-electron chi connectivity index (χ3n) is 0.787. The van der Waals surface area contributed by atoms with E-state index in [4.69, 9.17) is 0 Å². The van der Waals surface area contributed by atoms with Crippen LogP contribution in [0.25, 0.3) is 0 Å².